The third-order valence-electron chi connectivity index (χ3n) is 5.76. The van der Waals surface area contributed by atoms with Crippen molar-refractivity contribution in [1.82, 2.24) is 15.0 Å². The Balaban J connectivity index is 1.81. The van der Waals surface area contributed by atoms with Gasteiger partial charge in [0, 0.05) is 0 Å². The minimum Gasteiger partial charge on any atom is -0.497 e. The summed E-state index contributed by atoms with van der Waals surface area (Å²) in [7, 11) is -2.58. The van der Waals surface area contributed by atoms with Crippen molar-refractivity contribution in [3.63, 3.8) is 0 Å². The molecule has 0 unspecified atom stereocenters. The molecule has 0 amide bonds. The van der Waals surface area contributed by atoms with Crippen LogP contribution in [0.2, 0.25) is 0 Å². The van der Waals surface area contributed by atoms with Crippen molar-refractivity contribution in [2.45, 2.75) is 51.3 Å². The Morgan fingerprint density at radius 1 is 0.857 bits per heavy atom. The molecule has 0 bridgehead atoms. The number of benzene rings is 3. The number of rotatable bonds is 7. The fraction of sp³-hybridized carbons (Fsp3) is 0.333. The maximum absolute atomic E-state index is 13.1. The van der Waals surface area contributed by atoms with Gasteiger partial charge in [-0.2, -0.15) is 8.42 Å². The molecule has 0 aliphatic carbocycles. The Bertz CT molecular complexity index is 1420. The van der Waals surface area contributed by atoms with E-state index in [1.807, 2.05) is 36.4 Å². The minimum absolute atomic E-state index is 0.0278. The molecule has 1 heterocycles. The number of hydrogen-bond acceptors (Lipinski definition) is 6. The third-order valence-corrected chi connectivity index (χ3v) is 7.01. The number of ether oxygens (including phenoxy) is 1. The average Bonchev–Trinajstić information content (AvgIpc) is 3.21. The van der Waals surface area contributed by atoms with Gasteiger partial charge in [0.2, 0.25) is 0 Å². The van der Waals surface area contributed by atoms with E-state index < -0.39 is 10.1 Å². The lowest BCUT2D eigenvalue weighted by Crippen LogP contribution is -2.25. The molecule has 0 saturated carbocycles. The predicted molar refractivity (Wildman–Crippen MR) is 137 cm³/mol. The molecule has 4 rings (SSSR count). The maximum Gasteiger partial charge on any atom is 0.339 e. The summed E-state index contributed by atoms with van der Waals surface area (Å²) in [5.74, 6) is 0.707. The van der Waals surface area contributed by atoms with Crippen molar-refractivity contribution in [2.75, 3.05) is 7.11 Å². The van der Waals surface area contributed by atoms with E-state index in [4.69, 9.17) is 8.92 Å². The first kappa shape index (κ1) is 24.7. The molecule has 0 N–H and O–H groups in total. The van der Waals surface area contributed by atoms with Crippen LogP contribution in [0, 0.1) is 5.41 Å². The first-order chi connectivity index (χ1) is 16.4. The number of fused-ring (bicyclic) bond motifs is 1. The van der Waals surface area contributed by atoms with Gasteiger partial charge in [0.15, 0.2) is 5.75 Å². The fourth-order valence-electron chi connectivity index (χ4n) is 4.47. The molecule has 7 nitrogen and oxygen atoms in total. The monoisotopic (exact) mass is 493 g/mol. The highest BCUT2D eigenvalue weighted by molar-refractivity contribution is 7.87. The van der Waals surface area contributed by atoms with Gasteiger partial charge in [-0.1, -0.05) is 52.8 Å². The van der Waals surface area contributed by atoms with Gasteiger partial charge in [-0.3, -0.25) is 0 Å². The molecule has 0 spiro atoms. The highest BCUT2D eigenvalue weighted by atomic mass is 32.2. The van der Waals surface area contributed by atoms with Crippen molar-refractivity contribution in [1.29, 1.82) is 0 Å². The lowest BCUT2D eigenvalue weighted by atomic mass is 9.72. The molecule has 0 saturated heterocycles. The highest BCUT2D eigenvalue weighted by Gasteiger charge is 2.29. The number of hydrogen-bond donors (Lipinski definition) is 0. The molecule has 4 aromatic rings. The summed E-state index contributed by atoms with van der Waals surface area (Å²) in [5, 5.41) is 9.16. The molecule has 0 atom stereocenters. The smallest absolute Gasteiger partial charge is 0.339 e. The largest absolute Gasteiger partial charge is 0.497 e. The van der Waals surface area contributed by atoms with Crippen molar-refractivity contribution < 1.29 is 17.3 Å². The van der Waals surface area contributed by atoms with Gasteiger partial charge in [-0.15, -0.1) is 15.0 Å². The van der Waals surface area contributed by atoms with Crippen LogP contribution in [0.15, 0.2) is 71.6 Å². The van der Waals surface area contributed by atoms with Gasteiger partial charge < -0.3 is 8.92 Å². The fourth-order valence-corrected chi connectivity index (χ4v) is 5.41. The van der Waals surface area contributed by atoms with Crippen LogP contribution in [0.1, 0.15) is 46.6 Å². The van der Waals surface area contributed by atoms with Crippen molar-refractivity contribution in [2.24, 2.45) is 5.41 Å². The SMILES string of the molecule is COc1ccc(S(=O)(=O)Oc2ccc(C(C)(C)CC(C)(C)C)cc2-n2nc3ccccc3n2)cc1. The zero-order chi connectivity index (χ0) is 25.4. The summed E-state index contributed by atoms with van der Waals surface area (Å²) in [6.07, 6.45) is 0.929. The minimum atomic E-state index is -4.10. The van der Waals surface area contributed by atoms with Gasteiger partial charge >= 0.3 is 10.1 Å². The summed E-state index contributed by atoms with van der Waals surface area (Å²) in [5.41, 5.74) is 2.84. The molecule has 1 aromatic heterocycles. The van der Waals surface area contributed by atoms with E-state index >= 15 is 0 Å². The zero-order valence-electron chi connectivity index (χ0n) is 20.9. The van der Waals surface area contributed by atoms with E-state index in [1.165, 1.54) is 24.0 Å². The summed E-state index contributed by atoms with van der Waals surface area (Å²) < 4.78 is 37.0. The van der Waals surface area contributed by atoms with E-state index in [9.17, 15) is 8.42 Å². The summed E-state index contributed by atoms with van der Waals surface area (Å²) in [6.45, 7) is 11.0. The van der Waals surface area contributed by atoms with Crippen LogP contribution < -0.4 is 8.92 Å². The highest BCUT2D eigenvalue weighted by Crippen LogP contribution is 2.39. The first-order valence-corrected chi connectivity index (χ1v) is 12.8. The van der Waals surface area contributed by atoms with Crippen LogP contribution >= 0.6 is 0 Å². The van der Waals surface area contributed by atoms with Gasteiger partial charge in [0.1, 0.15) is 27.4 Å². The summed E-state index contributed by atoms with van der Waals surface area (Å²) >= 11 is 0. The second kappa shape index (κ2) is 9.00. The van der Waals surface area contributed by atoms with Gasteiger partial charge in [0.25, 0.3) is 0 Å². The number of nitrogens with zero attached hydrogens (tertiary/aromatic N) is 3. The zero-order valence-corrected chi connectivity index (χ0v) is 21.8. The van der Waals surface area contributed by atoms with E-state index in [1.54, 1.807) is 18.2 Å². The lowest BCUT2D eigenvalue weighted by molar-refractivity contribution is 0.284. The van der Waals surface area contributed by atoms with Gasteiger partial charge in [-0.05, 0) is 71.3 Å². The van der Waals surface area contributed by atoms with Crippen LogP contribution in [-0.2, 0) is 15.5 Å². The molecule has 8 heteroatoms. The average molecular weight is 494 g/mol. The molecule has 184 valence electrons. The maximum atomic E-state index is 13.1. The second-order valence-electron chi connectivity index (χ2n) is 10.5. The van der Waals surface area contributed by atoms with Crippen molar-refractivity contribution in [3.8, 4) is 17.2 Å². The Kier molecular flexibility index (Phi) is 6.36. The molecule has 35 heavy (non-hydrogen) atoms. The Labute approximate surface area is 206 Å². The molecule has 3 aromatic carbocycles. The second-order valence-corrected chi connectivity index (χ2v) is 12.0. The van der Waals surface area contributed by atoms with E-state index in [0.717, 1.165) is 12.0 Å². The topological polar surface area (TPSA) is 83.3 Å². The third kappa shape index (κ3) is 5.48. The van der Waals surface area contributed by atoms with E-state index in [0.29, 0.717) is 22.5 Å². The Morgan fingerprint density at radius 2 is 1.46 bits per heavy atom. The van der Waals surface area contributed by atoms with Crippen molar-refractivity contribution in [3.05, 3.63) is 72.3 Å². The Morgan fingerprint density at radius 3 is 2.00 bits per heavy atom. The lowest BCUT2D eigenvalue weighted by Gasteiger charge is -2.33. The number of aromatic nitrogens is 3. The van der Waals surface area contributed by atoms with Crippen LogP contribution in [0.3, 0.4) is 0 Å². The molecular formula is C27H31N3O4S. The predicted octanol–water partition coefficient (Wildman–Crippen LogP) is 5.91. The van der Waals surface area contributed by atoms with E-state index in [2.05, 4.69) is 44.8 Å². The molecule has 0 radical (unpaired) electrons. The molecular weight excluding hydrogens is 462 g/mol. The first-order valence-electron chi connectivity index (χ1n) is 11.4. The van der Waals surface area contributed by atoms with E-state index in [-0.39, 0.29) is 21.5 Å². The summed E-state index contributed by atoms with van der Waals surface area (Å²) in [6, 6.07) is 19.1. The molecule has 0 fully saturated rings. The Hall–Kier alpha value is -3.39. The standard InChI is InChI=1S/C27H31N3O4S/c1-26(2,3)18-27(4,5)19-11-16-25(34-35(31,32)21-14-12-20(33-6)13-15-21)24(17-19)30-28-22-9-7-8-10-23(22)29-30/h7-17H,18H2,1-6H3. The molecule has 0 aliphatic heterocycles. The van der Waals surface area contributed by atoms with Gasteiger partial charge in [0.05, 0.1) is 7.11 Å². The van der Waals surface area contributed by atoms with Crippen LogP contribution in [0.4, 0.5) is 0 Å². The molecule has 0 aliphatic rings. The van der Waals surface area contributed by atoms with Crippen molar-refractivity contribution >= 4 is 21.2 Å². The van der Waals surface area contributed by atoms with Crippen LogP contribution in [0.25, 0.3) is 16.7 Å². The van der Waals surface area contributed by atoms with Gasteiger partial charge in [-0.25, -0.2) is 0 Å². The number of methoxy groups -OCH3 is 1. The quantitative estimate of drug-likeness (QED) is 0.298. The van der Waals surface area contributed by atoms with Crippen LogP contribution in [0.5, 0.6) is 11.5 Å². The normalized spacial score (nSPS) is 12.6. The van der Waals surface area contributed by atoms with Crippen LogP contribution in [-0.4, -0.2) is 30.5 Å². The summed E-state index contributed by atoms with van der Waals surface area (Å²) in [4.78, 5) is 1.47.